The minimum atomic E-state index is -1.52. The normalized spacial score (nSPS) is 15.2. The highest BCUT2D eigenvalue weighted by molar-refractivity contribution is 5.77. The molecule has 0 spiro atoms. The molecule has 0 saturated heterocycles. The van der Waals surface area contributed by atoms with Gasteiger partial charge in [-0.1, -0.05) is 0 Å². The zero-order valence-corrected chi connectivity index (χ0v) is 9.10. The molecular weight excluding hydrogens is 231 g/mol. The minimum Gasteiger partial charge on any atom is -0.486 e. The van der Waals surface area contributed by atoms with Gasteiger partial charge in [-0.25, -0.2) is 9.18 Å². The Morgan fingerprint density at radius 1 is 1.41 bits per heavy atom. The number of esters is 1. The number of methoxy groups -OCH3 is 1. The van der Waals surface area contributed by atoms with Crippen LogP contribution in [0.15, 0.2) is 12.1 Å². The molecule has 0 aromatic heterocycles. The fourth-order valence-corrected chi connectivity index (χ4v) is 1.58. The Kier molecular flexibility index (Phi) is 3.14. The third kappa shape index (κ3) is 2.03. The molecular formula is C11H11FO5. The molecule has 1 aromatic rings. The first-order valence-electron chi connectivity index (χ1n) is 4.99. The van der Waals surface area contributed by atoms with Crippen LogP contribution in [0.5, 0.6) is 11.5 Å². The van der Waals surface area contributed by atoms with Gasteiger partial charge in [-0.05, 0) is 12.1 Å². The van der Waals surface area contributed by atoms with Crippen molar-refractivity contribution < 1.29 is 28.5 Å². The van der Waals surface area contributed by atoms with E-state index in [9.17, 15) is 14.3 Å². The molecule has 0 bridgehead atoms. The SMILES string of the molecule is COC(=O)C(O)c1ccc(F)c2c1OCCO2. The van der Waals surface area contributed by atoms with Crippen molar-refractivity contribution in [1.29, 1.82) is 0 Å². The predicted octanol–water partition coefficient (Wildman–Crippen LogP) is 0.803. The summed E-state index contributed by atoms with van der Waals surface area (Å²) in [6, 6.07) is 2.37. The van der Waals surface area contributed by atoms with E-state index in [1.165, 1.54) is 6.07 Å². The molecule has 5 nitrogen and oxygen atoms in total. The van der Waals surface area contributed by atoms with Crippen molar-refractivity contribution in [3.05, 3.63) is 23.5 Å². The number of hydrogen-bond acceptors (Lipinski definition) is 5. The van der Waals surface area contributed by atoms with E-state index in [2.05, 4.69) is 4.74 Å². The van der Waals surface area contributed by atoms with E-state index in [0.29, 0.717) is 0 Å². The third-order valence-corrected chi connectivity index (χ3v) is 2.39. The molecule has 6 heteroatoms. The lowest BCUT2D eigenvalue weighted by molar-refractivity contribution is -0.150. The fraction of sp³-hybridized carbons (Fsp3) is 0.364. The van der Waals surface area contributed by atoms with Gasteiger partial charge < -0.3 is 19.3 Å². The van der Waals surface area contributed by atoms with Crippen LogP contribution in [-0.4, -0.2) is 31.4 Å². The van der Waals surface area contributed by atoms with Crippen LogP contribution in [0.2, 0.25) is 0 Å². The summed E-state index contributed by atoms with van der Waals surface area (Å²) in [4.78, 5) is 11.2. The van der Waals surface area contributed by atoms with Gasteiger partial charge in [0.2, 0.25) is 0 Å². The lowest BCUT2D eigenvalue weighted by Crippen LogP contribution is -2.21. The first kappa shape index (κ1) is 11.7. The number of benzene rings is 1. The van der Waals surface area contributed by atoms with Crippen molar-refractivity contribution in [2.75, 3.05) is 20.3 Å². The van der Waals surface area contributed by atoms with Crippen molar-refractivity contribution in [2.24, 2.45) is 0 Å². The first-order valence-corrected chi connectivity index (χ1v) is 4.99. The van der Waals surface area contributed by atoms with Gasteiger partial charge >= 0.3 is 5.97 Å². The molecule has 0 saturated carbocycles. The van der Waals surface area contributed by atoms with Gasteiger partial charge in [0.1, 0.15) is 13.2 Å². The molecule has 0 aliphatic carbocycles. The summed E-state index contributed by atoms with van der Waals surface area (Å²) in [5, 5.41) is 9.70. The molecule has 1 aromatic carbocycles. The van der Waals surface area contributed by atoms with E-state index >= 15 is 0 Å². The van der Waals surface area contributed by atoms with Gasteiger partial charge in [0.25, 0.3) is 0 Å². The van der Waals surface area contributed by atoms with Crippen LogP contribution >= 0.6 is 0 Å². The van der Waals surface area contributed by atoms with Gasteiger partial charge in [-0.3, -0.25) is 0 Å². The number of ether oxygens (including phenoxy) is 3. The van der Waals surface area contributed by atoms with E-state index in [0.717, 1.165) is 13.2 Å². The number of rotatable bonds is 2. The Morgan fingerprint density at radius 2 is 2.06 bits per heavy atom. The average molecular weight is 242 g/mol. The number of fused-ring (bicyclic) bond motifs is 1. The average Bonchev–Trinajstić information content (AvgIpc) is 2.38. The lowest BCUT2D eigenvalue weighted by atomic mass is 10.1. The highest BCUT2D eigenvalue weighted by Gasteiger charge is 2.28. The molecule has 2 rings (SSSR count). The van der Waals surface area contributed by atoms with Gasteiger partial charge in [0, 0.05) is 5.56 Å². The number of hydrogen-bond donors (Lipinski definition) is 1. The molecule has 1 aliphatic heterocycles. The molecule has 1 N–H and O–H groups in total. The summed E-state index contributed by atoms with van der Waals surface area (Å²) in [7, 11) is 1.15. The van der Waals surface area contributed by atoms with Crippen LogP contribution in [0.1, 0.15) is 11.7 Å². The molecule has 0 fully saturated rings. The number of carbonyl (C=O) groups excluding carboxylic acids is 1. The molecule has 17 heavy (non-hydrogen) atoms. The Hall–Kier alpha value is -1.82. The summed E-state index contributed by atoms with van der Waals surface area (Å²) in [6.07, 6.45) is -1.52. The third-order valence-electron chi connectivity index (χ3n) is 2.39. The maximum Gasteiger partial charge on any atom is 0.339 e. The number of halogens is 1. The summed E-state index contributed by atoms with van der Waals surface area (Å²) in [6.45, 7) is 0.457. The van der Waals surface area contributed by atoms with Crippen LogP contribution in [-0.2, 0) is 9.53 Å². The van der Waals surface area contributed by atoms with E-state index in [1.54, 1.807) is 0 Å². The lowest BCUT2D eigenvalue weighted by Gasteiger charge is -2.22. The maximum absolute atomic E-state index is 13.4. The number of aliphatic hydroxyl groups excluding tert-OH is 1. The zero-order valence-electron chi connectivity index (χ0n) is 9.10. The minimum absolute atomic E-state index is 0.0501. The van der Waals surface area contributed by atoms with Gasteiger partial charge in [-0.2, -0.15) is 0 Å². The zero-order chi connectivity index (χ0) is 12.4. The van der Waals surface area contributed by atoms with Crippen LogP contribution in [0, 0.1) is 5.82 Å². The summed E-state index contributed by atoms with van der Waals surface area (Å²) >= 11 is 0. The number of carbonyl (C=O) groups is 1. The van der Waals surface area contributed by atoms with Crippen molar-refractivity contribution >= 4 is 5.97 Å². The quantitative estimate of drug-likeness (QED) is 0.777. The summed E-state index contributed by atoms with van der Waals surface area (Å²) in [5.41, 5.74) is 0.132. The highest BCUT2D eigenvalue weighted by atomic mass is 19.1. The van der Waals surface area contributed by atoms with Gasteiger partial charge in [0.05, 0.1) is 7.11 Å². The van der Waals surface area contributed by atoms with Crippen LogP contribution < -0.4 is 9.47 Å². The monoisotopic (exact) mass is 242 g/mol. The van der Waals surface area contributed by atoms with Crippen molar-refractivity contribution in [3.63, 3.8) is 0 Å². The molecule has 92 valence electrons. The van der Waals surface area contributed by atoms with Crippen molar-refractivity contribution in [2.45, 2.75) is 6.10 Å². The Bertz CT molecular complexity index is 446. The van der Waals surface area contributed by atoms with E-state index in [1.807, 2.05) is 0 Å². The molecule has 1 atom stereocenters. The summed E-state index contributed by atoms with van der Waals surface area (Å²) < 4.78 is 28.1. The first-order chi connectivity index (χ1) is 8.15. The second-order valence-corrected chi connectivity index (χ2v) is 3.42. The second kappa shape index (κ2) is 4.58. The molecule has 0 amide bonds. The van der Waals surface area contributed by atoms with Crippen molar-refractivity contribution in [3.8, 4) is 11.5 Å². The summed E-state index contributed by atoms with van der Waals surface area (Å²) in [5.74, 6) is -1.47. The maximum atomic E-state index is 13.4. The second-order valence-electron chi connectivity index (χ2n) is 3.42. The Morgan fingerprint density at radius 3 is 2.71 bits per heavy atom. The standard InChI is InChI=1S/C11H11FO5/c1-15-11(14)8(13)6-2-3-7(12)10-9(6)16-4-5-17-10/h2-3,8,13H,4-5H2,1H3. The Labute approximate surface area is 96.7 Å². The highest BCUT2D eigenvalue weighted by Crippen LogP contribution is 2.39. The smallest absolute Gasteiger partial charge is 0.339 e. The Balaban J connectivity index is 2.44. The molecule has 1 aliphatic rings. The molecule has 1 heterocycles. The van der Waals surface area contributed by atoms with Crippen molar-refractivity contribution in [1.82, 2.24) is 0 Å². The predicted molar refractivity (Wildman–Crippen MR) is 54.4 cm³/mol. The van der Waals surface area contributed by atoms with E-state index in [-0.39, 0.29) is 30.3 Å². The van der Waals surface area contributed by atoms with E-state index in [4.69, 9.17) is 9.47 Å². The largest absolute Gasteiger partial charge is 0.486 e. The topological polar surface area (TPSA) is 65.0 Å². The molecule has 0 radical (unpaired) electrons. The van der Waals surface area contributed by atoms with Crippen LogP contribution in [0.25, 0.3) is 0 Å². The van der Waals surface area contributed by atoms with Crippen LogP contribution in [0.4, 0.5) is 4.39 Å². The van der Waals surface area contributed by atoms with E-state index < -0.39 is 17.9 Å². The fourth-order valence-electron chi connectivity index (χ4n) is 1.58. The van der Waals surface area contributed by atoms with Gasteiger partial charge in [0.15, 0.2) is 23.4 Å². The molecule has 1 unspecified atom stereocenters. The van der Waals surface area contributed by atoms with Crippen LogP contribution in [0.3, 0.4) is 0 Å². The van der Waals surface area contributed by atoms with Gasteiger partial charge in [-0.15, -0.1) is 0 Å². The number of aliphatic hydroxyl groups is 1.